The number of nitrogens with zero attached hydrogens (tertiary/aromatic N) is 5. The van der Waals surface area contributed by atoms with Gasteiger partial charge in [-0.2, -0.15) is 10.4 Å². The molecule has 36 heavy (non-hydrogen) atoms. The summed E-state index contributed by atoms with van der Waals surface area (Å²) in [5, 5.41) is 26.3. The van der Waals surface area contributed by atoms with E-state index in [1.54, 1.807) is 28.6 Å². The highest BCUT2D eigenvalue weighted by molar-refractivity contribution is 6.31. The van der Waals surface area contributed by atoms with Gasteiger partial charge in [0.25, 0.3) is 5.69 Å². The van der Waals surface area contributed by atoms with E-state index in [0.29, 0.717) is 52.6 Å². The zero-order valence-corrected chi connectivity index (χ0v) is 20.1. The van der Waals surface area contributed by atoms with E-state index in [0.717, 1.165) is 5.69 Å². The summed E-state index contributed by atoms with van der Waals surface area (Å²) in [5.41, 5.74) is 10.3. The summed E-state index contributed by atoms with van der Waals surface area (Å²) in [6.45, 7) is 1.79. The average Bonchev–Trinajstić information content (AvgIpc) is 3.17. The molecule has 180 valence electrons. The van der Waals surface area contributed by atoms with Crippen LogP contribution in [0.5, 0.6) is 0 Å². The molecule has 2 N–H and O–H groups in total. The van der Waals surface area contributed by atoms with E-state index in [1.165, 1.54) is 12.1 Å². The Hall–Kier alpha value is -4.42. The number of nitrogens with two attached hydrogens (primary N) is 1. The van der Waals surface area contributed by atoms with Crippen LogP contribution in [0.4, 0.5) is 11.4 Å². The van der Waals surface area contributed by atoms with Crippen molar-refractivity contribution in [3.63, 3.8) is 0 Å². The van der Waals surface area contributed by atoms with Gasteiger partial charge >= 0.3 is 0 Å². The minimum Gasteiger partial charge on any atom is -0.384 e. The number of nitro benzene ring substituents is 1. The van der Waals surface area contributed by atoms with Crippen molar-refractivity contribution in [2.24, 2.45) is 5.73 Å². The summed E-state index contributed by atoms with van der Waals surface area (Å²) in [7, 11) is 0. The van der Waals surface area contributed by atoms with Crippen molar-refractivity contribution >= 4 is 28.8 Å². The third kappa shape index (κ3) is 3.63. The molecule has 0 spiro atoms. The number of halogens is 1. The molecule has 2 aliphatic rings. The van der Waals surface area contributed by atoms with Gasteiger partial charge in [-0.25, -0.2) is 4.68 Å². The zero-order chi connectivity index (χ0) is 25.6. The number of aryl methyl sites for hydroxylation is 1. The van der Waals surface area contributed by atoms with Gasteiger partial charge in [0.05, 0.1) is 33.9 Å². The first kappa shape index (κ1) is 23.3. The minimum absolute atomic E-state index is 0.0682. The van der Waals surface area contributed by atoms with Gasteiger partial charge in [-0.15, -0.1) is 0 Å². The van der Waals surface area contributed by atoms with Crippen LogP contribution in [0.1, 0.15) is 36.4 Å². The quantitative estimate of drug-likeness (QED) is 0.391. The standard InChI is InChI=1S/C26H21ClN6O3/c1-15-22(25(27)32(30-15)17-6-3-2-4-7-17)23-19(14-28)26(29)31(20-8-5-9-21(34)24(20)23)16-10-12-18(13-11-16)33(35)36/h2-4,6-7,10-13,23H,5,8-9,29H2,1H3. The highest BCUT2D eigenvalue weighted by Gasteiger charge is 2.42. The average molecular weight is 501 g/mol. The lowest BCUT2D eigenvalue weighted by Crippen LogP contribution is -2.38. The number of nitriles is 1. The monoisotopic (exact) mass is 500 g/mol. The molecule has 5 rings (SSSR count). The Morgan fingerprint density at radius 3 is 2.47 bits per heavy atom. The Kier molecular flexibility index (Phi) is 5.82. The number of aromatic nitrogens is 2. The molecule has 0 amide bonds. The molecule has 0 saturated heterocycles. The highest BCUT2D eigenvalue weighted by atomic mass is 35.5. The molecule has 1 unspecified atom stereocenters. The molecule has 1 aliphatic heterocycles. The maximum atomic E-state index is 13.4. The molecule has 1 aromatic heterocycles. The van der Waals surface area contributed by atoms with Crippen LogP contribution in [0, 0.1) is 28.4 Å². The Labute approximate surface area is 211 Å². The van der Waals surface area contributed by atoms with E-state index >= 15 is 0 Å². The molecule has 1 atom stereocenters. The molecule has 0 bridgehead atoms. The van der Waals surface area contributed by atoms with Gasteiger partial charge in [0.15, 0.2) is 5.78 Å². The number of hydrogen-bond donors (Lipinski definition) is 1. The van der Waals surface area contributed by atoms with E-state index in [4.69, 9.17) is 17.3 Å². The minimum atomic E-state index is -0.767. The fourth-order valence-corrected chi connectivity index (χ4v) is 5.35. The number of non-ortho nitro benzene ring substituents is 1. The summed E-state index contributed by atoms with van der Waals surface area (Å²) in [6, 6.07) is 17.4. The molecule has 0 fully saturated rings. The smallest absolute Gasteiger partial charge is 0.269 e. The first-order valence-corrected chi connectivity index (χ1v) is 11.7. The Morgan fingerprint density at radius 2 is 1.83 bits per heavy atom. The predicted octanol–water partition coefficient (Wildman–Crippen LogP) is 5.05. The van der Waals surface area contributed by atoms with E-state index in [9.17, 15) is 20.2 Å². The Morgan fingerprint density at radius 1 is 1.14 bits per heavy atom. The number of carbonyl (C=O) groups is 1. The second kappa shape index (κ2) is 8.98. The number of para-hydroxylation sites is 1. The number of anilines is 1. The van der Waals surface area contributed by atoms with Crippen molar-refractivity contribution in [1.29, 1.82) is 5.26 Å². The molecule has 0 saturated carbocycles. The molecule has 9 nitrogen and oxygen atoms in total. The topological polar surface area (TPSA) is 131 Å². The van der Waals surface area contributed by atoms with E-state index in [1.807, 2.05) is 30.3 Å². The van der Waals surface area contributed by atoms with Crippen molar-refractivity contribution in [2.45, 2.75) is 32.1 Å². The van der Waals surface area contributed by atoms with Gasteiger partial charge in [-0.3, -0.25) is 19.8 Å². The van der Waals surface area contributed by atoms with E-state index < -0.39 is 10.8 Å². The Balaban J connectivity index is 1.72. The van der Waals surface area contributed by atoms with E-state index in [-0.39, 0.29) is 22.9 Å². The van der Waals surface area contributed by atoms with Gasteiger partial charge in [0.1, 0.15) is 11.0 Å². The normalized spacial score (nSPS) is 17.8. The summed E-state index contributed by atoms with van der Waals surface area (Å²) in [5.74, 6) is -0.693. The summed E-state index contributed by atoms with van der Waals surface area (Å²) < 4.78 is 1.59. The first-order valence-electron chi connectivity index (χ1n) is 11.3. The van der Waals surface area contributed by atoms with Gasteiger partial charge < -0.3 is 5.73 Å². The largest absolute Gasteiger partial charge is 0.384 e. The van der Waals surface area contributed by atoms with Crippen molar-refractivity contribution in [2.75, 3.05) is 4.90 Å². The van der Waals surface area contributed by atoms with Crippen LogP contribution in [0.25, 0.3) is 5.69 Å². The van der Waals surface area contributed by atoms with Crippen LogP contribution in [0.3, 0.4) is 0 Å². The van der Waals surface area contributed by atoms with Crippen LogP contribution in [-0.2, 0) is 4.79 Å². The van der Waals surface area contributed by atoms with Gasteiger partial charge in [-0.1, -0.05) is 29.8 Å². The van der Waals surface area contributed by atoms with Crippen LogP contribution in [-0.4, -0.2) is 20.5 Å². The number of allylic oxidation sites excluding steroid dienone is 3. The van der Waals surface area contributed by atoms with Crippen molar-refractivity contribution in [3.8, 4) is 11.8 Å². The third-order valence-corrected chi connectivity index (χ3v) is 6.93. The van der Waals surface area contributed by atoms with Crippen LogP contribution in [0.2, 0.25) is 5.15 Å². The fraction of sp³-hybridized carbons (Fsp3) is 0.192. The molecular weight excluding hydrogens is 480 g/mol. The summed E-state index contributed by atoms with van der Waals surface area (Å²) in [6.07, 6.45) is 1.52. The van der Waals surface area contributed by atoms with Crippen molar-refractivity contribution in [1.82, 2.24) is 9.78 Å². The number of hydrogen-bond acceptors (Lipinski definition) is 7. The molecule has 0 radical (unpaired) electrons. The predicted molar refractivity (Wildman–Crippen MR) is 134 cm³/mol. The van der Waals surface area contributed by atoms with E-state index in [2.05, 4.69) is 11.2 Å². The lowest BCUT2D eigenvalue weighted by atomic mass is 9.75. The summed E-state index contributed by atoms with van der Waals surface area (Å²) in [4.78, 5) is 25.7. The summed E-state index contributed by atoms with van der Waals surface area (Å²) >= 11 is 6.86. The van der Waals surface area contributed by atoms with Crippen molar-refractivity contribution in [3.05, 3.63) is 104 Å². The number of ketones is 1. The fourth-order valence-electron chi connectivity index (χ4n) is 4.97. The van der Waals surface area contributed by atoms with Crippen LogP contribution >= 0.6 is 11.6 Å². The molecule has 2 heterocycles. The van der Waals surface area contributed by atoms with Crippen LogP contribution in [0.15, 0.2) is 77.3 Å². The SMILES string of the molecule is Cc1nn(-c2ccccc2)c(Cl)c1C1C(C#N)=C(N)N(c2ccc([N+](=O)[O-])cc2)C2=C1C(=O)CCC2. The third-order valence-electron chi connectivity index (χ3n) is 6.57. The molecule has 2 aromatic carbocycles. The van der Waals surface area contributed by atoms with Crippen LogP contribution < -0.4 is 10.6 Å². The van der Waals surface area contributed by atoms with Gasteiger partial charge in [0.2, 0.25) is 0 Å². The number of nitro groups is 1. The maximum absolute atomic E-state index is 13.4. The number of carbonyl (C=O) groups excluding carboxylic acids is 1. The number of benzene rings is 2. The lowest BCUT2D eigenvalue weighted by Gasteiger charge is -2.39. The number of rotatable bonds is 4. The lowest BCUT2D eigenvalue weighted by molar-refractivity contribution is -0.384. The van der Waals surface area contributed by atoms with Crippen molar-refractivity contribution < 1.29 is 9.72 Å². The second-order valence-electron chi connectivity index (χ2n) is 8.63. The number of Topliss-reactive ketones (excluding diaryl/α,β-unsaturated/α-hetero) is 1. The zero-order valence-electron chi connectivity index (χ0n) is 19.3. The molecule has 3 aromatic rings. The molecule has 10 heteroatoms. The Bertz CT molecular complexity index is 1500. The van der Waals surface area contributed by atoms with Gasteiger partial charge in [-0.05, 0) is 44.0 Å². The van der Waals surface area contributed by atoms with Gasteiger partial charge in [0, 0.05) is 41.1 Å². The second-order valence-corrected chi connectivity index (χ2v) is 8.99. The molecule has 1 aliphatic carbocycles. The maximum Gasteiger partial charge on any atom is 0.269 e. The highest BCUT2D eigenvalue weighted by Crippen LogP contribution is 2.48. The molecular formula is C26H21ClN6O3. The first-order chi connectivity index (χ1) is 17.3.